The number of ketones is 4. The van der Waals surface area contributed by atoms with Gasteiger partial charge < -0.3 is 0 Å². The van der Waals surface area contributed by atoms with E-state index in [0.717, 1.165) is 5.56 Å². The van der Waals surface area contributed by atoms with E-state index in [2.05, 4.69) is 0 Å². The molecule has 0 N–H and O–H groups in total. The Morgan fingerprint density at radius 2 is 1.52 bits per heavy atom. The number of hydrogen-bond acceptors (Lipinski definition) is 4. The minimum absolute atomic E-state index is 0.102. The van der Waals surface area contributed by atoms with Crippen LogP contribution in [0.5, 0.6) is 0 Å². The van der Waals surface area contributed by atoms with E-state index in [0.29, 0.717) is 50.0 Å². The first-order valence-corrected chi connectivity index (χ1v) is 11.1. The van der Waals surface area contributed by atoms with Crippen LogP contribution in [0.4, 0.5) is 0 Å². The summed E-state index contributed by atoms with van der Waals surface area (Å²) in [4.78, 5) is 52.8. The van der Waals surface area contributed by atoms with E-state index in [1.807, 2.05) is 32.9 Å². The lowest BCUT2D eigenvalue weighted by Gasteiger charge is -2.40. The van der Waals surface area contributed by atoms with Gasteiger partial charge in [-0.05, 0) is 43.4 Å². The summed E-state index contributed by atoms with van der Waals surface area (Å²) in [5.41, 5.74) is -0.259. The average Bonchev–Trinajstić information content (AvgIpc) is 2.69. The summed E-state index contributed by atoms with van der Waals surface area (Å²) in [5.74, 6) is -3.68. The molecule has 1 aromatic carbocycles. The smallest absolute Gasteiger partial charge is 0.164 e. The fourth-order valence-electron chi connectivity index (χ4n) is 4.59. The Bertz CT molecular complexity index is 760. The van der Waals surface area contributed by atoms with Crippen LogP contribution < -0.4 is 0 Å². The highest BCUT2D eigenvalue weighted by Gasteiger charge is 2.58. The molecule has 0 amide bonds. The maximum atomic E-state index is 13.4. The molecule has 2 atom stereocenters. The van der Waals surface area contributed by atoms with Crippen molar-refractivity contribution < 1.29 is 19.2 Å². The summed E-state index contributed by atoms with van der Waals surface area (Å²) in [6, 6.07) is 7.17. The van der Waals surface area contributed by atoms with Gasteiger partial charge in [0.1, 0.15) is 5.92 Å². The molecule has 0 saturated heterocycles. The van der Waals surface area contributed by atoms with Gasteiger partial charge in [-0.2, -0.15) is 0 Å². The van der Waals surface area contributed by atoms with Crippen molar-refractivity contribution in [1.82, 2.24) is 0 Å². The Hall–Kier alpha value is -1.81. The molecule has 2 rings (SSSR count). The second-order valence-electron chi connectivity index (χ2n) is 8.08. The predicted molar refractivity (Wildman–Crippen MR) is 114 cm³/mol. The van der Waals surface area contributed by atoms with E-state index in [1.54, 1.807) is 12.1 Å². The Balaban J connectivity index is 2.32. The molecule has 5 heteroatoms. The van der Waals surface area contributed by atoms with Crippen molar-refractivity contribution in [3.8, 4) is 0 Å². The highest BCUT2D eigenvalue weighted by molar-refractivity contribution is 6.34. The van der Waals surface area contributed by atoms with E-state index in [9.17, 15) is 19.2 Å². The van der Waals surface area contributed by atoms with Crippen LogP contribution in [0.15, 0.2) is 24.3 Å². The van der Waals surface area contributed by atoms with Gasteiger partial charge in [0.2, 0.25) is 0 Å². The largest absolute Gasteiger partial charge is 0.298 e. The van der Waals surface area contributed by atoms with E-state index in [-0.39, 0.29) is 18.0 Å². The lowest BCUT2D eigenvalue weighted by atomic mass is 9.57. The highest BCUT2D eigenvalue weighted by Crippen LogP contribution is 2.43. The first-order chi connectivity index (χ1) is 13.8. The second kappa shape index (κ2) is 10.3. The molecule has 29 heavy (non-hydrogen) atoms. The molecule has 1 fully saturated rings. The van der Waals surface area contributed by atoms with Crippen molar-refractivity contribution in [3.63, 3.8) is 0 Å². The minimum atomic E-state index is -1.30. The Kier molecular flexibility index (Phi) is 8.33. The van der Waals surface area contributed by atoms with Gasteiger partial charge in [-0.15, -0.1) is 0 Å². The number of benzene rings is 1. The van der Waals surface area contributed by atoms with Crippen LogP contribution in [0.25, 0.3) is 0 Å². The fourth-order valence-corrected chi connectivity index (χ4v) is 4.72. The maximum Gasteiger partial charge on any atom is 0.164 e. The van der Waals surface area contributed by atoms with Crippen LogP contribution in [0.1, 0.15) is 71.3 Å². The summed E-state index contributed by atoms with van der Waals surface area (Å²) < 4.78 is 0. The number of carbonyl (C=O) groups is 4. The molecule has 0 heterocycles. The van der Waals surface area contributed by atoms with Gasteiger partial charge in [0.05, 0.1) is 11.3 Å². The van der Waals surface area contributed by atoms with Gasteiger partial charge in [-0.25, -0.2) is 0 Å². The molecule has 0 bridgehead atoms. The first kappa shape index (κ1) is 23.5. The molecular weight excluding hydrogens is 388 g/mol. The molecule has 0 radical (unpaired) electrons. The monoisotopic (exact) mass is 418 g/mol. The molecule has 1 aliphatic carbocycles. The van der Waals surface area contributed by atoms with E-state index >= 15 is 0 Å². The van der Waals surface area contributed by atoms with Crippen LogP contribution in [0.2, 0.25) is 5.02 Å². The number of halogens is 1. The van der Waals surface area contributed by atoms with Gasteiger partial charge in [0, 0.05) is 11.4 Å². The molecule has 0 aliphatic heterocycles. The van der Waals surface area contributed by atoms with Gasteiger partial charge >= 0.3 is 0 Å². The number of rotatable bonds is 10. The fraction of sp³-hybridized carbons (Fsp3) is 0.583. The van der Waals surface area contributed by atoms with E-state index in [4.69, 9.17) is 11.6 Å². The summed E-state index contributed by atoms with van der Waals surface area (Å²) in [6.07, 6.45) is 3.75. The van der Waals surface area contributed by atoms with Crippen molar-refractivity contribution >= 4 is 34.7 Å². The molecule has 158 valence electrons. The third-order valence-electron chi connectivity index (χ3n) is 5.98. The van der Waals surface area contributed by atoms with Crippen molar-refractivity contribution in [2.75, 3.05) is 0 Å². The summed E-state index contributed by atoms with van der Waals surface area (Å²) in [5, 5.41) is 0.613. The van der Waals surface area contributed by atoms with Gasteiger partial charge in [-0.3, -0.25) is 19.2 Å². The number of Topliss-reactive ketones (excluding diaryl/α,β-unsaturated/α-hetero) is 4. The van der Waals surface area contributed by atoms with Crippen molar-refractivity contribution in [1.29, 1.82) is 0 Å². The Labute approximate surface area is 178 Å². The third-order valence-corrected chi connectivity index (χ3v) is 6.23. The SMILES string of the molecule is CCCC1C(=O)C(C(=O)CCc2ccc(Cl)cc2)C(=O)C(CCC)(CCC)C1=O. The van der Waals surface area contributed by atoms with Crippen LogP contribution in [0.3, 0.4) is 0 Å². The lowest BCUT2D eigenvalue weighted by molar-refractivity contribution is -0.160. The van der Waals surface area contributed by atoms with Gasteiger partial charge in [0.15, 0.2) is 23.1 Å². The van der Waals surface area contributed by atoms with E-state index < -0.39 is 28.8 Å². The van der Waals surface area contributed by atoms with Crippen LogP contribution in [-0.2, 0) is 25.6 Å². The van der Waals surface area contributed by atoms with Crippen molar-refractivity contribution in [2.24, 2.45) is 17.3 Å². The molecular formula is C24H31ClO4. The molecule has 1 saturated carbocycles. The zero-order valence-corrected chi connectivity index (χ0v) is 18.4. The van der Waals surface area contributed by atoms with Crippen molar-refractivity contribution in [3.05, 3.63) is 34.9 Å². The first-order valence-electron chi connectivity index (χ1n) is 10.7. The van der Waals surface area contributed by atoms with Crippen LogP contribution in [0, 0.1) is 17.3 Å². The van der Waals surface area contributed by atoms with Gasteiger partial charge in [0.25, 0.3) is 0 Å². The van der Waals surface area contributed by atoms with Crippen LogP contribution >= 0.6 is 11.6 Å². The molecule has 2 unspecified atom stereocenters. The summed E-state index contributed by atoms with van der Waals surface area (Å²) >= 11 is 5.90. The lowest BCUT2D eigenvalue weighted by Crippen LogP contribution is -2.57. The standard InChI is InChI=1S/C24H31ClO4/c1-4-7-18-21(27)20(19(26)13-10-16-8-11-17(25)12-9-16)23(29)24(14-5-2,15-6-3)22(18)28/h8-9,11-12,18,20H,4-7,10,13-15H2,1-3H3. The molecule has 1 aliphatic rings. The number of carbonyl (C=O) groups excluding carboxylic acids is 4. The second-order valence-corrected chi connectivity index (χ2v) is 8.52. The Morgan fingerprint density at radius 1 is 0.931 bits per heavy atom. The maximum absolute atomic E-state index is 13.4. The average molecular weight is 419 g/mol. The molecule has 0 aromatic heterocycles. The van der Waals surface area contributed by atoms with Gasteiger partial charge in [-0.1, -0.05) is 63.8 Å². The highest BCUT2D eigenvalue weighted by atomic mass is 35.5. The predicted octanol–water partition coefficient (Wildman–Crippen LogP) is 5.18. The Morgan fingerprint density at radius 3 is 2.03 bits per heavy atom. The van der Waals surface area contributed by atoms with Crippen LogP contribution in [-0.4, -0.2) is 23.1 Å². The number of aryl methyl sites for hydroxylation is 1. The summed E-state index contributed by atoms with van der Waals surface area (Å²) in [7, 11) is 0. The zero-order chi connectivity index (χ0) is 21.6. The molecule has 4 nitrogen and oxygen atoms in total. The topological polar surface area (TPSA) is 68.3 Å². The van der Waals surface area contributed by atoms with Crippen molar-refractivity contribution in [2.45, 2.75) is 72.1 Å². The minimum Gasteiger partial charge on any atom is -0.298 e. The molecule has 1 aromatic rings. The third kappa shape index (κ3) is 4.85. The number of hydrogen-bond donors (Lipinski definition) is 0. The normalized spacial score (nSPS) is 21.4. The summed E-state index contributed by atoms with van der Waals surface area (Å²) in [6.45, 7) is 5.77. The zero-order valence-electron chi connectivity index (χ0n) is 17.6. The molecule has 0 spiro atoms. The quantitative estimate of drug-likeness (QED) is 0.491. The van der Waals surface area contributed by atoms with E-state index in [1.165, 1.54) is 0 Å².